The average Bonchev–Trinajstić information content (AvgIpc) is 2.67. The first-order chi connectivity index (χ1) is 12.1. The molecule has 0 radical (unpaired) electrons. The first-order valence-corrected chi connectivity index (χ1v) is 8.35. The fourth-order valence-corrected chi connectivity index (χ4v) is 3.00. The smallest absolute Gasteiger partial charge is 0.321 e. The topological polar surface area (TPSA) is 76.5 Å². The van der Waals surface area contributed by atoms with Crippen LogP contribution in [0.5, 0.6) is 11.9 Å². The minimum Gasteiger partial charge on any atom is -0.481 e. The summed E-state index contributed by atoms with van der Waals surface area (Å²) in [4.78, 5) is 21.9. The Morgan fingerprint density at radius 1 is 1.20 bits per heavy atom. The minimum atomic E-state index is 0.308. The minimum absolute atomic E-state index is 0.308. The molecule has 0 spiro atoms. The summed E-state index contributed by atoms with van der Waals surface area (Å²) in [6, 6.07) is 4.37. The summed E-state index contributed by atoms with van der Waals surface area (Å²) >= 11 is 0. The highest BCUT2D eigenvalue weighted by Gasteiger charge is 2.26. The molecule has 0 amide bonds. The molecule has 134 valence electrons. The van der Waals surface area contributed by atoms with Gasteiger partial charge in [-0.15, -0.1) is 0 Å². The number of methoxy groups -OCH3 is 2. The molecule has 0 aliphatic carbocycles. The zero-order valence-electron chi connectivity index (χ0n) is 15.1. The molecule has 1 aliphatic heterocycles. The Balaban J connectivity index is 1.79. The third kappa shape index (κ3) is 3.89. The van der Waals surface area contributed by atoms with Gasteiger partial charge in [0.05, 0.1) is 14.2 Å². The maximum absolute atomic E-state index is 5.26. The number of nitrogens with zero attached hydrogens (tertiary/aromatic N) is 6. The van der Waals surface area contributed by atoms with Gasteiger partial charge < -0.3 is 19.3 Å². The molecule has 1 fully saturated rings. The molecule has 1 atom stereocenters. The summed E-state index contributed by atoms with van der Waals surface area (Å²) < 4.78 is 10.4. The van der Waals surface area contributed by atoms with Crippen LogP contribution in [-0.4, -0.2) is 60.3 Å². The lowest BCUT2D eigenvalue weighted by Gasteiger charge is -2.38. The summed E-state index contributed by atoms with van der Waals surface area (Å²) in [6.07, 6.45) is 3.95. The maximum Gasteiger partial charge on any atom is 0.321 e. The quantitative estimate of drug-likeness (QED) is 0.811. The van der Waals surface area contributed by atoms with Gasteiger partial charge in [-0.05, 0) is 25.8 Å². The molecule has 0 aromatic carbocycles. The Labute approximate surface area is 147 Å². The number of anilines is 2. The van der Waals surface area contributed by atoms with Crippen molar-refractivity contribution in [3.05, 3.63) is 24.0 Å². The van der Waals surface area contributed by atoms with E-state index in [0.29, 0.717) is 17.9 Å². The highest BCUT2D eigenvalue weighted by Crippen LogP contribution is 2.26. The van der Waals surface area contributed by atoms with Gasteiger partial charge in [-0.2, -0.15) is 9.97 Å². The molecule has 3 heterocycles. The average molecular weight is 344 g/mol. The first-order valence-electron chi connectivity index (χ1n) is 8.35. The normalized spacial score (nSPS) is 17.3. The Morgan fingerprint density at radius 2 is 2.04 bits per heavy atom. The second-order valence-electron chi connectivity index (χ2n) is 6.11. The van der Waals surface area contributed by atoms with Crippen molar-refractivity contribution in [2.75, 3.05) is 44.2 Å². The van der Waals surface area contributed by atoms with Crippen molar-refractivity contribution in [2.24, 2.45) is 0 Å². The highest BCUT2D eigenvalue weighted by atomic mass is 16.5. The number of rotatable bonds is 5. The SMILES string of the molecule is COc1cc(N2CCCC(N(C)c3nccc(C)n3)C2)nc(OC)n1. The molecule has 2 aromatic rings. The van der Waals surface area contributed by atoms with Crippen molar-refractivity contribution in [3.63, 3.8) is 0 Å². The second-order valence-corrected chi connectivity index (χ2v) is 6.11. The van der Waals surface area contributed by atoms with Crippen LogP contribution in [0.25, 0.3) is 0 Å². The molecule has 2 aromatic heterocycles. The summed E-state index contributed by atoms with van der Waals surface area (Å²) in [5, 5.41) is 0. The van der Waals surface area contributed by atoms with Gasteiger partial charge in [0.1, 0.15) is 5.82 Å². The maximum atomic E-state index is 5.26. The Kier molecular flexibility index (Phi) is 5.16. The number of likely N-dealkylation sites (N-methyl/N-ethyl adjacent to an activating group) is 1. The van der Waals surface area contributed by atoms with E-state index in [1.807, 2.05) is 26.1 Å². The van der Waals surface area contributed by atoms with Crippen molar-refractivity contribution < 1.29 is 9.47 Å². The number of ether oxygens (including phenoxy) is 2. The molecule has 1 aliphatic rings. The van der Waals surface area contributed by atoms with E-state index in [1.54, 1.807) is 20.4 Å². The van der Waals surface area contributed by atoms with Crippen molar-refractivity contribution in [1.82, 2.24) is 19.9 Å². The zero-order valence-corrected chi connectivity index (χ0v) is 15.1. The van der Waals surface area contributed by atoms with Crippen LogP contribution in [0.15, 0.2) is 18.3 Å². The summed E-state index contributed by atoms with van der Waals surface area (Å²) in [5.74, 6) is 2.07. The second kappa shape index (κ2) is 7.50. The molecular formula is C17H24N6O2. The van der Waals surface area contributed by atoms with Crippen LogP contribution >= 0.6 is 0 Å². The van der Waals surface area contributed by atoms with E-state index >= 15 is 0 Å². The van der Waals surface area contributed by atoms with E-state index in [1.165, 1.54) is 0 Å². The van der Waals surface area contributed by atoms with Gasteiger partial charge in [0.2, 0.25) is 11.8 Å². The predicted molar refractivity (Wildman–Crippen MR) is 95.5 cm³/mol. The monoisotopic (exact) mass is 344 g/mol. The Bertz CT molecular complexity index is 704. The summed E-state index contributed by atoms with van der Waals surface area (Å²) in [5.41, 5.74) is 0.967. The van der Waals surface area contributed by atoms with Gasteiger partial charge in [-0.25, -0.2) is 9.97 Å². The molecule has 0 bridgehead atoms. The van der Waals surface area contributed by atoms with Crippen LogP contribution < -0.4 is 19.3 Å². The van der Waals surface area contributed by atoms with Crippen LogP contribution in [-0.2, 0) is 0 Å². The van der Waals surface area contributed by atoms with E-state index in [4.69, 9.17) is 9.47 Å². The standard InChI is InChI=1S/C17H24N6O2/c1-12-7-8-18-16(19-12)22(2)13-6-5-9-23(11-13)14-10-15(24-3)21-17(20-14)25-4/h7-8,10,13H,5-6,9,11H2,1-4H3. The fraction of sp³-hybridized carbons (Fsp3) is 0.529. The number of hydrogen-bond acceptors (Lipinski definition) is 8. The van der Waals surface area contributed by atoms with Crippen LogP contribution in [0, 0.1) is 6.92 Å². The van der Waals surface area contributed by atoms with Crippen molar-refractivity contribution in [2.45, 2.75) is 25.8 Å². The van der Waals surface area contributed by atoms with E-state index in [0.717, 1.165) is 43.4 Å². The van der Waals surface area contributed by atoms with Gasteiger partial charge in [0.15, 0.2) is 0 Å². The Morgan fingerprint density at radius 3 is 2.76 bits per heavy atom. The lowest BCUT2D eigenvalue weighted by molar-refractivity contribution is 0.351. The van der Waals surface area contributed by atoms with Gasteiger partial charge >= 0.3 is 6.01 Å². The van der Waals surface area contributed by atoms with E-state index in [2.05, 4.69) is 29.7 Å². The number of piperidine rings is 1. The van der Waals surface area contributed by atoms with Crippen LogP contribution in [0.2, 0.25) is 0 Å². The third-order valence-corrected chi connectivity index (χ3v) is 4.43. The number of hydrogen-bond donors (Lipinski definition) is 0. The van der Waals surface area contributed by atoms with Crippen molar-refractivity contribution in [3.8, 4) is 11.9 Å². The first kappa shape index (κ1) is 17.2. The molecular weight excluding hydrogens is 320 g/mol. The van der Waals surface area contributed by atoms with Gasteiger partial charge in [-0.3, -0.25) is 0 Å². The van der Waals surface area contributed by atoms with Crippen LogP contribution in [0.3, 0.4) is 0 Å². The summed E-state index contributed by atoms with van der Waals surface area (Å²) in [7, 11) is 5.19. The molecule has 8 heteroatoms. The molecule has 8 nitrogen and oxygen atoms in total. The molecule has 1 unspecified atom stereocenters. The van der Waals surface area contributed by atoms with Crippen LogP contribution in [0.4, 0.5) is 11.8 Å². The highest BCUT2D eigenvalue weighted by molar-refractivity contribution is 5.44. The molecule has 0 saturated carbocycles. The van der Waals surface area contributed by atoms with Crippen molar-refractivity contribution in [1.29, 1.82) is 0 Å². The molecule has 0 N–H and O–H groups in total. The lowest BCUT2D eigenvalue weighted by Crippen LogP contribution is -2.47. The third-order valence-electron chi connectivity index (χ3n) is 4.43. The van der Waals surface area contributed by atoms with Crippen LogP contribution in [0.1, 0.15) is 18.5 Å². The molecule has 3 rings (SSSR count). The molecule has 1 saturated heterocycles. The van der Waals surface area contributed by atoms with E-state index in [-0.39, 0.29) is 0 Å². The van der Waals surface area contributed by atoms with Gasteiger partial charge in [0, 0.05) is 44.1 Å². The number of aryl methyl sites for hydroxylation is 1. The van der Waals surface area contributed by atoms with Gasteiger partial charge in [0.25, 0.3) is 0 Å². The summed E-state index contributed by atoms with van der Waals surface area (Å²) in [6.45, 7) is 3.74. The van der Waals surface area contributed by atoms with E-state index < -0.39 is 0 Å². The van der Waals surface area contributed by atoms with Crippen molar-refractivity contribution >= 4 is 11.8 Å². The zero-order chi connectivity index (χ0) is 17.8. The molecule has 25 heavy (non-hydrogen) atoms. The van der Waals surface area contributed by atoms with E-state index in [9.17, 15) is 0 Å². The predicted octanol–water partition coefficient (Wildman–Crippen LogP) is 1.70. The lowest BCUT2D eigenvalue weighted by atomic mass is 10.0. The van der Waals surface area contributed by atoms with Gasteiger partial charge in [-0.1, -0.05) is 0 Å². The number of aromatic nitrogens is 4. The fourth-order valence-electron chi connectivity index (χ4n) is 3.00. The largest absolute Gasteiger partial charge is 0.481 e. The Hall–Kier alpha value is -2.64.